The van der Waals surface area contributed by atoms with Gasteiger partial charge in [0.25, 0.3) is 0 Å². The van der Waals surface area contributed by atoms with Crippen LogP contribution in [-0.2, 0) is 0 Å². The first-order valence-corrected chi connectivity index (χ1v) is 5.20. The smallest absolute Gasteiger partial charge is 0.0153 e. The third-order valence-electron chi connectivity index (χ3n) is 3.44. The van der Waals surface area contributed by atoms with Crippen LogP contribution in [0.4, 0.5) is 0 Å². The van der Waals surface area contributed by atoms with E-state index in [-0.39, 0.29) is 0 Å². The third-order valence-corrected chi connectivity index (χ3v) is 3.44. The number of fused-ring (bicyclic) bond motifs is 2. The van der Waals surface area contributed by atoms with Crippen molar-refractivity contribution in [3.05, 3.63) is 42.0 Å². The number of allylic oxidation sites excluding steroid dienone is 2. The predicted octanol–water partition coefficient (Wildman–Crippen LogP) is 3.50. The SMILES string of the molecule is C1=C(c2ccccc2)[C@H]2CC[C@@H]1C2. The monoisotopic (exact) mass is 170 g/mol. The van der Waals surface area contributed by atoms with Gasteiger partial charge in [-0.3, -0.25) is 0 Å². The molecule has 0 N–H and O–H groups in total. The van der Waals surface area contributed by atoms with Crippen molar-refractivity contribution in [2.75, 3.05) is 0 Å². The molecule has 0 unspecified atom stereocenters. The summed E-state index contributed by atoms with van der Waals surface area (Å²) in [7, 11) is 0. The second-order valence-corrected chi connectivity index (χ2v) is 4.26. The lowest BCUT2D eigenvalue weighted by Crippen LogP contribution is -1.95. The van der Waals surface area contributed by atoms with E-state index in [1.807, 2.05) is 0 Å². The first-order valence-electron chi connectivity index (χ1n) is 5.20. The van der Waals surface area contributed by atoms with Crippen LogP contribution in [0.2, 0.25) is 0 Å². The first kappa shape index (κ1) is 7.37. The van der Waals surface area contributed by atoms with E-state index in [9.17, 15) is 0 Å². The molecule has 2 bridgehead atoms. The molecule has 0 radical (unpaired) electrons. The normalized spacial score (nSPS) is 30.6. The molecule has 2 aliphatic carbocycles. The van der Waals surface area contributed by atoms with Crippen molar-refractivity contribution in [2.24, 2.45) is 11.8 Å². The van der Waals surface area contributed by atoms with Gasteiger partial charge in [-0.1, -0.05) is 36.4 Å². The second-order valence-electron chi connectivity index (χ2n) is 4.26. The van der Waals surface area contributed by atoms with E-state index < -0.39 is 0 Å². The van der Waals surface area contributed by atoms with Crippen LogP contribution >= 0.6 is 0 Å². The molecule has 1 fully saturated rings. The molecule has 0 amide bonds. The maximum absolute atomic E-state index is 2.50. The largest absolute Gasteiger partial charge is 0.0773 e. The molecule has 0 heteroatoms. The molecule has 3 rings (SSSR count). The van der Waals surface area contributed by atoms with Crippen molar-refractivity contribution in [3.63, 3.8) is 0 Å². The summed E-state index contributed by atoms with van der Waals surface area (Å²) in [5.74, 6) is 1.78. The lowest BCUT2D eigenvalue weighted by atomic mass is 9.92. The van der Waals surface area contributed by atoms with E-state index in [0.29, 0.717) is 0 Å². The van der Waals surface area contributed by atoms with Gasteiger partial charge in [0, 0.05) is 0 Å². The van der Waals surface area contributed by atoms with Crippen LogP contribution in [0, 0.1) is 11.8 Å². The number of benzene rings is 1. The van der Waals surface area contributed by atoms with E-state index in [2.05, 4.69) is 36.4 Å². The van der Waals surface area contributed by atoms with Crippen LogP contribution in [-0.4, -0.2) is 0 Å². The second kappa shape index (κ2) is 2.73. The van der Waals surface area contributed by atoms with Crippen molar-refractivity contribution < 1.29 is 0 Å². The summed E-state index contributed by atoms with van der Waals surface area (Å²) in [6.45, 7) is 0. The van der Waals surface area contributed by atoms with Gasteiger partial charge in [-0.15, -0.1) is 0 Å². The minimum absolute atomic E-state index is 0.882. The summed E-state index contributed by atoms with van der Waals surface area (Å²) in [6.07, 6.45) is 6.78. The average molecular weight is 170 g/mol. The molecule has 0 aromatic heterocycles. The summed E-state index contributed by atoms with van der Waals surface area (Å²) in [5, 5.41) is 0. The van der Waals surface area contributed by atoms with Gasteiger partial charge in [0.15, 0.2) is 0 Å². The van der Waals surface area contributed by atoms with Gasteiger partial charge < -0.3 is 0 Å². The Morgan fingerprint density at radius 2 is 1.85 bits per heavy atom. The molecule has 1 saturated carbocycles. The van der Waals surface area contributed by atoms with Crippen molar-refractivity contribution in [1.82, 2.24) is 0 Å². The molecule has 2 aliphatic rings. The molecule has 0 nitrogen and oxygen atoms in total. The quantitative estimate of drug-likeness (QED) is 0.605. The maximum Gasteiger partial charge on any atom is -0.0153 e. The number of hydrogen-bond acceptors (Lipinski definition) is 0. The van der Waals surface area contributed by atoms with Crippen LogP contribution in [0.1, 0.15) is 24.8 Å². The van der Waals surface area contributed by atoms with E-state index >= 15 is 0 Å². The van der Waals surface area contributed by atoms with Gasteiger partial charge in [0.1, 0.15) is 0 Å². The third kappa shape index (κ3) is 1.13. The Hall–Kier alpha value is -1.04. The van der Waals surface area contributed by atoms with Crippen LogP contribution in [0.15, 0.2) is 36.4 Å². The lowest BCUT2D eigenvalue weighted by Gasteiger charge is -2.12. The van der Waals surface area contributed by atoms with Crippen LogP contribution in [0.3, 0.4) is 0 Å². The topological polar surface area (TPSA) is 0 Å². The Morgan fingerprint density at radius 1 is 1.00 bits per heavy atom. The highest BCUT2D eigenvalue weighted by Crippen LogP contribution is 2.47. The molecule has 2 atom stereocenters. The van der Waals surface area contributed by atoms with Gasteiger partial charge in [-0.25, -0.2) is 0 Å². The Bertz CT molecular complexity index is 334. The highest BCUT2D eigenvalue weighted by molar-refractivity contribution is 5.70. The molecule has 0 spiro atoms. The fourth-order valence-corrected chi connectivity index (χ4v) is 2.80. The Kier molecular flexibility index (Phi) is 1.55. The number of hydrogen-bond donors (Lipinski definition) is 0. The summed E-state index contributed by atoms with van der Waals surface area (Å²) in [4.78, 5) is 0. The Labute approximate surface area is 79.3 Å². The standard InChI is InChI=1S/C13H14/c1-2-4-11(5-3-1)13-9-10-6-7-12(13)8-10/h1-5,9-10,12H,6-8H2/t10-,12+/m1/s1. The summed E-state index contributed by atoms with van der Waals surface area (Å²) in [6, 6.07) is 10.9. The summed E-state index contributed by atoms with van der Waals surface area (Å²) in [5.41, 5.74) is 3.08. The van der Waals surface area contributed by atoms with E-state index in [1.54, 1.807) is 5.57 Å². The van der Waals surface area contributed by atoms with Gasteiger partial charge in [-0.05, 0) is 42.2 Å². The lowest BCUT2D eigenvalue weighted by molar-refractivity contribution is 0.695. The van der Waals surface area contributed by atoms with Crippen molar-refractivity contribution in [1.29, 1.82) is 0 Å². The first-order chi connectivity index (χ1) is 6.43. The molecule has 0 heterocycles. The fourth-order valence-electron chi connectivity index (χ4n) is 2.80. The Balaban J connectivity index is 1.99. The minimum Gasteiger partial charge on any atom is -0.0773 e. The molecule has 0 aliphatic heterocycles. The van der Waals surface area contributed by atoms with Gasteiger partial charge >= 0.3 is 0 Å². The molecule has 66 valence electrons. The van der Waals surface area contributed by atoms with Crippen LogP contribution in [0.5, 0.6) is 0 Å². The highest BCUT2D eigenvalue weighted by atomic mass is 14.4. The van der Waals surface area contributed by atoms with E-state index in [0.717, 1.165) is 11.8 Å². The predicted molar refractivity (Wildman–Crippen MR) is 55.3 cm³/mol. The van der Waals surface area contributed by atoms with Crippen molar-refractivity contribution in [2.45, 2.75) is 19.3 Å². The van der Waals surface area contributed by atoms with E-state index in [4.69, 9.17) is 0 Å². The molecule has 1 aromatic rings. The molecular weight excluding hydrogens is 156 g/mol. The zero-order valence-electron chi connectivity index (χ0n) is 7.74. The molecule has 13 heavy (non-hydrogen) atoms. The van der Waals surface area contributed by atoms with Crippen molar-refractivity contribution in [3.8, 4) is 0 Å². The number of rotatable bonds is 1. The average Bonchev–Trinajstić information content (AvgIpc) is 2.80. The maximum atomic E-state index is 2.50. The summed E-state index contributed by atoms with van der Waals surface area (Å²) >= 11 is 0. The van der Waals surface area contributed by atoms with Gasteiger partial charge in [0.2, 0.25) is 0 Å². The minimum atomic E-state index is 0.882. The van der Waals surface area contributed by atoms with Gasteiger partial charge in [-0.2, -0.15) is 0 Å². The molecule has 0 saturated heterocycles. The molecule has 1 aromatic carbocycles. The van der Waals surface area contributed by atoms with Gasteiger partial charge in [0.05, 0.1) is 0 Å². The molecular formula is C13H14. The van der Waals surface area contributed by atoms with Crippen molar-refractivity contribution >= 4 is 5.57 Å². The zero-order valence-corrected chi connectivity index (χ0v) is 7.74. The highest BCUT2D eigenvalue weighted by Gasteiger charge is 2.32. The zero-order chi connectivity index (χ0) is 8.67. The van der Waals surface area contributed by atoms with E-state index in [1.165, 1.54) is 24.8 Å². The van der Waals surface area contributed by atoms with Crippen LogP contribution < -0.4 is 0 Å². The Morgan fingerprint density at radius 3 is 2.46 bits per heavy atom. The van der Waals surface area contributed by atoms with Crippen LogP contribution in [0.25, 0.3) is 5.57 Å². The summed E-state index contributed by atoms with van der Waals surface area (Å²) < 4.78 is 0. The fraction of sp³-hybridized carbons (Fsp3) is 0.385.